The first-order chi connectivity index (χ1) is 6.58. The van der Waals surface area contributed by atoms with Gasteiger partial charge in [-0.3, -0.25) is 0 Å². The molecule has 0 saturated heterocycles. The minimum Gasteiger partial charge on any atom is -0.478 e. The van der Waals surface area contributed by atoms with Crippen molar-refractivity contribution in [1.29, 1.82) is 0 Å². The minimum absolute atomic E-state index is 0.0838. The molecule has 0 aliphatic rings. The fraction of sp³-hybridized carbons (Fsp3) is 0. The molecule has 14 heavy (non-hydrogen) atoms. The highest BCUT2D eigenvalue weighted by molar-refractivity contribution is 7.22. The average molecular weight is 229 g/mol. The number of hydrogen-bond acceptors (Lipinski definition) is 4. The van der Waals surface area contributed by atoms with E-state index in [2.05, 4.69) is 4.98 Å². The van der Waals surface area contributed by atoms with E-state index in [0.717, 1.165) is 0 Å². The highest BCUT2D eigenvalue weighted by Crippen LogP contribution is 2.29. The predicted octanol–water partition coefficient (Wildman–Crippen LogP) is 2.23. The van der Waals surface area contributed by atoms with Crippen molar-refractivity contribution >= 4 is 44.3 Å². The van der Waals surface area contributed by atoms with Gasteiger partial charge in [0.2, 0.25) is 0 Å². The van der Waals surface area contributed by atoms with Crippen LogP contribution in [0.25, 0.3) is 10.2 Å². The van der Waals surface area contributed by atoms with Gasteiger partial charge in [-0.2, -0.15) is 0 Å². The van der Waals surface area contributed by atoms with Crippen LogP contribution in [-0.2, 0) is 0 Å². The second-order valence-electron chi connectivity index (χ2n) is 2.66. The summed E-state index contributed by atoms with van der Waals surface area (Å²) in [6.45, 7) is 0. The zero-order chi connectivity index (χ0) is 10.3. The van der Waals surface area contributed by atoms with Gasteiger partial charge in [0.25, 0.3) is 0 Å². The standard InChI is InChI=1S/C8H5ClN2O2S/c9-3-1-4(7(12)13)6-5(2-3)14-8(10)11-6/h1-2H,(H2,10,11)(H,12,13). The Morgan fingerprint density at radius 2 is 2.29 bits per heavy atom. The van der Waals surface area contributed by atoms with E-state index in [1.807, 2.05) is 0 Å². The zero-order valence-corrected chi connectivity index (χ0v) is 8.39. The molecule has 1 aromatic carbocycles. The number of carboxylic acids is 1. The van der Waals surface area contributed by atoms with Crippen molar-refractivity contribution in [2.24, 2.45) is 0 Å². The van der Waals surface area contributed by atoms with Crippen LogP contribution in [0.15, 0.2) is 12.1 Å². The first-order valence-electron chi connectivity index (χ1n) is 3.67. The molecule has 2 aromatic rings. The highest BCUT2D eigenvalue weighted by Gasteiger charge is 2.13. The minimum atomic E-state index is -1.05. The first-order valence-corrected chi connectivity index (χ1v) is 4.86. The maximum atomic E-state index is 10.8. The fourth-order valence-corrected chi connectivity index (χ4v) is 2.26. The molecule has 4 nitrogen and oxygen atoms in total. The van der Waals surface area contributed by atoms with Crippen LogP contribution in [0.2, 0.25) is 5.02 Å². The van der Waals surface area contributed by atoms with Gasteiger partial charge in [-0.25, -0.2) is 9.78 Å². The molecule has 0 atom stereocenters. The third-order valence-corrected chi connectivity index (χ3v) is 2.76. The number of aromatic nitrogens is 1. The van der Waals surface area contributed by atoms with Crippen molar-refractivity contribution < 1.29 is 9.90 Å². The van der Waals surface area contributed by atoms with E-state index in [1.54, 1.807) is 6.07 Å². The lowest BCUT2D eigenvalue weighted by atomic mass is 10.2. The number of nitrogens with two attached hydrogens (primary N) is 1. The van der Waals surface area contributed by atoms with Crippen molar-refractivity contribution in [1.82, 2.24) is 4.98 Å². The van der Waals surface area contributed by atoms with E-state index < -0.39 is 5.97 Å². The average Bonchev–Trinajstić information content (AvgIpc) is 2.42. The Labute approximate surface area is 87.9 Å². The van der Waals surface area contributed by atoms with Gasteiger partial charge in [0.15, 0.2) is 5.13 Å². The van der Waals surface area contributed by atoms with Crippen molar-refractivity contribution in [2.45, 2.75) is 0 Å². The second kappa shape index (κ2) is 3.11. The summed E-state index contributed by atoms with van der Waals surface area (Å²) >= 11 is 6.97. The molecular formula is C8H5ClN2O2S. The summed E-state index contributed by atoms with van der Waals surface area (Å²) in [6, 6.07) is 3.02. The maximum Gasteiger partial charge on any atom is 0.338 e. The summed E-state index contributed by atoms with van der Waals surface area (Å²) in [5.41, 5.74) is 5.96. The van der Waals surface area contributed by atoms with Crippen LogP contribution in [0, 0.1) is 0 Å². The summed E-state index contributed by atoms with van der Waals surface area (Å²) in [6.07, 6.45) is 0. The largest absolute Gasteiger partial charge is 0.478 e. The van der Waals surface area contributed by atoms with Crippen LogP contribution in [-0.4, -0.2) is 16.1 Å². The summed E-state index contributed by atoms with van der Waals surface area (Å²) in [5.74, 6) is -1.05. The third kappa shape index (κ3) is 1.40. The number of nitrogens with zero attached hydrogens (tertiary/aromatic N) is 1. The van der Waals surface area contributed by atoms with Crippen molar-refractivity contribution in [3.63, 3.8) is 0 Å². The summed E-state index contributed by atoms with van der Waals surface area (Å²) in [4.78, 5) is 14.8. The Morgan fingerprint density at radius 3 is 2.93 bits per heavy atom. The molecule has 0 fully saturated rings. The molecule has 0 unspecified atom stereocenters. The smallest absolute Gasteiger partial charge is 0.338 e. The van der Waals surface area contributed by atoms with E-state index in [0.29, 0.717) is 20.4 Å². The van der Waals surface area contributed by atoms with Crippen LogP contribution < -0.4 is 5.73 Å². The molecular weight excluding hydrogens is 224 g/mol. The normalized spacial score (nSPS) is 10.6. The third-order valence-electron chi connectivity index (χ3n) is 1.71. The van der Waals surface area contributed by atoms with E-state index in [-0.39, 0.29) is 5.56 Å². The monoisotopic (exact) mass is 228 g/mol. The molecule has 0 amide bonds. The van der Waals surface area contributed by atoms with Crippen LogP contribution in [0.4, 0.5) is 5.13 Å². The van der Waals surface area contributed by atoms with Crippen molar-refractivity contribution in [3.8, 4) is 0 Å². The molecule has 3 N–H and O–H groups in total. The number of hydrogen-bond donors (Lipinski definition) is 2. The summed E-state index contributed by atoms with van der Waals surface area (Å²) < 4.78 is 0.687. The van der Waals surface area contributed by atoms with Gasteiger partial charge in [0.1, 0.15) is 0 Å². The Bertz CT molecular complexity index is 523. The summed E-state index contributed by atoms with van der Waals surface area (Å²) in [5, 5.41) is 9.59. The lowest BCUT2D eigenvalue weighted by molar-refractivity contribution is 0.0699. The number of nitrogen functional groups attached to an aromatic ring is 1. The van der Waals surface area contributed by atoms with Gasteiger partial charge < -0.3 is 10.8 Å². The number of halogens is 1. The number of benzene rings is 1. The van der Waals surface area contributed by atoms with Gasteiger partial charge in [0, 0.05) is 5.02 Å². The predicted molar refractivity (Wildman–Crippen MR) is 56.0 cm³/mol. The van der Waals surface area contributed by atoms with E-state index in [9.17, 15) is 4.79 Å². The molecule has 72 valence electrons. The maximum absolute atomic E-state index is 10.8. The number of fused-ring (bicyclic) bond motifs is 1. The van der Waals surface area contributed by atoms with Crippen molar-refractivity contribution in [3.05, 3.63) is 22.7 Å². The quantitative estimate of drug-likeness (QED) is 0.785. The lowest BCUT2D eigenvalue weighted by Crippen LogP contribution is -1.97. The lowest BCUT2D eigenvalue weighted by Gasteiger charge is -1.96. The number of thiazole rings is 1. The number of carboxylic acid groups (broad SMARTS) is 1. The van der Waals surface area contributed by atoms with Gasteiger partial charge in [-0.1, -0.05) is 22.9 Å². The fourth-order valence-electron chi connectivity index (χ4n) is 1.18. The first kappa shape index (κ1) is 9.23. The van der Waals surface area contributed by atoms with Gasteiger partial charge >= 0.3 is 5.97 Å². The number of carbonyl (C=O) groups is 1. The Hall–Kier alpha value is -1.33. The second-order valence-corrected chi connectivity index (χ2v) is 4.16. The molecule has 1 aromatic heterocycles. The van der Waals surface area contributed by atoms with Crippen LogP contribution in [0.1, 0.15) is 10.4 Å². The topological polar surface area (TPSA) is 76.2 Å². The molecule has 0 bridgehead atoms. The zero-order valence-electron chi connectivity index (χ0n) is 6.82. The van der Waals surface area contributed by atoms with Crippen LogP contribution in [0.5, 0.6) is 0 Å². The van der Waals surface area contributed by atoms with Crippen molar-refractivity contribution in [2.75, 3.05) is 5.73 Å². The Morgan fingerprint density at radius 1 is 1.57 bits per heavy atom. The molecule has 2 rings (SSSR count). The molecule has 0 aliphatic heterocycles. The number of anilines is 1. The van der Waals surface area contributed by atoms with Gasteiger partial charge in [-0.15, -0.1) is 0 Å². The highest BCUT2D eigenvalue weighted by atomic mass is 35.5. The van der Waals surface area contributed by atoms with E-state index in [4.69, 9.17) is 22.4 Å². The summed E-state index contributed by atoms with van der Waals surface area (Å²) in [7, 11) is 0. The molecule has 0 aliphatic carbocycles. The Balaban J connectivity index is 2.85. The Kier molecular flexibility index (Phi) is 2.05. The molecule has 6 heteroatoms. The van der Waals surface area contributed by atoms with Gasteiger partial charge in [-0.05, 0) is 12.1 Å². The van der Waals surface area contributed by atoms with E-state index >= 15 is 0 Å². The SMILES string of the molecule is Nc1nc2c(C(=O)O)cc(Cl)cc2s1. The molecule has 0 spiro atoms. The molecule has 0 radical (unpaired) electrons. The van der Waals surface area contributed by atoms with Crippen LogP contribution >= 0.6 is 22.9 Å². The van der Waals surface area contributed by atoms with Crippen LogP contribution in [0.3, 0.4) is 0 Å². The molecule has 0 saturated carbocycles. The molecule has 1 heterocycles. The van der Waals surface area contributed by atoms with E-state index in [1.165, 1.54) is 17.4 Å². The number of rotatable bonds is 1. The van der Waals surface area contributed by atoms with Gasteiger partial charge in [0.05, 0.1) is 15.8 Å². The number of aromatic carboxylic acids is 1.